The minimum atomic E-state index is -1.08. The summed E-state index contributed by atoms with van der Waals surface area (Å²) in [6.45, 7) is 2.23. The largest absolute Gasteiger partial charge is 0.478 e. The van der Waals surface area contributed by atoms with Gasteiger partial charge in [-0.25, -0.2) is 9.59 Å². The molecule has 40 heavy (non-hydrogen) atoms. The lowest BCUT2D eigenvalue weighted by molar-refractivity contribution is 0.0695. The van der Waals surface area contributed by atoms with Crippen molar-refractivity contribution in [2.24, 2.45) is 5.92 Å². The van der Waals surface area contributed by atoms with Crippen molar-refractivity contribution in [1.82, 2.24) is 0 Å². The van der Waals surface area contributed by atoms with Crippen molar-refractivity contribution in [3.8, 4) is 0 Å². The first-order chi connectivity index (χ1) is 19.4. The molecule has 0 saturated carbocycles. The Morgan fingerprint density at radius 2 is 1.45 bits per heavy atom. The number of fused-ring (bicyclic) bond motifs is 4. The maximum atomic E-state index is 11.8. The van der Waals surface area contributed by atoms with Gasteiger partial charge in [0.1, 0.15) is 0 Å². The second kappa shape index (κ2) is 11.9. The summed E-state index contributed by atoms with van der Waals surface area (Å²) < 4.78 is 0. The van der Waals surface area contributed by atoms with Crippen LogP contribution in [0.2, 0.25) is 5.02 Å². The van der Waals surface area contributed by atoms with Gasteiger partial charge in [0, 0.05) is 10.9 Å². The van der Waals surface area contributed by atoms with Gasteiger partial charge < -0.3 is 10.2 Å². The molecule has 6 rings (SSSR count). The number of carboxylic acid groups (broad SMARTS) is 2. The van der Waals surface area contributed by atoms with Gasteiger partial charge in [-0.3, -0.25) is 0 Å². The van der Waals surface area contributed by atoms with Crippen LogP contribution in [-0.2, 0) is 12.8 Å². The monoisotopic (exact) mass is 550 g/mol. The van der Waals surface area contributed by atoms with E-state index in [-0.39, 0.29) is 17.0 Å². The number of carbonyl (C=O) groups is 2. The van der Waals surface area contributed by atoms with Crippen LogP contribution in [0.4, 0.5) is 0 Å². The molecule has 0 radical (unpaired) electrons. The molecule has 4 aromatic rings. The molecule has 0 aromatic heterocycles. The molecule has 2 atom stereocenters. The maximum Gasteiger partial charge on any atom is 0.335 e. The minimum Gasteiger partial charge on any atom is -0.478 e. The van der Waals surface area contributed by atoms with Gasteiger partial charge in [-0.15, -0.1) is 0 Å². The van der Waals surface area contributed by atoms with Crippen LogP contribution >= 0.6 is 11.6 Å². The van der Waals surface area contributed by atoms with Crippen LogP contribution < -0.4 is 10.4 Å². The Balaban J connectivity index is 0.000000403. The summed E-state index contributed by atoms with van der Waals surface area (Å²) >= 11 is 5.54. The number of aromatic carboxylic acids is 2. The third-order valence-corrected chi connectivity index (χ3v) is 8.10. The lowest BCUT2D eigenvalue weighted by Gasteiger charge is -2.26. The fraction of sp³-hybridized carbons (Fsp3) is 0.200. The van der Waals surface area contributed by atoms with E-state index in [1.165, 1.54) is 50.2 Å². The van der Waals surface area contributed by atoms with E-state index in [2.05, 4.69) is 55.5 Å². The van der Waals surface area contributed by atoms with Crippen LogP contribution in [0.3, 0.4) is 0 Å². The molecule has 2 aliphatic carbocycles. The summed E-state index contributed by atoms with van der Waals surface area (Å²) in [7, 11) is 0. The van der Waals surface area contributed by atoms with Crippen molar-refractivity contribution in [3.63, 3.8) is 0 Å². The van der Waals surface area contributed by atoms with Gasteiger partial charge in [-0.1, -0.05) is 91.3 Å². The fourth-order valence-corrected chi connectivity index (χ4v) is 6.14. The van der Waals surface area contributed by atoms with E-state index in [1.807, 2.05) is 30.3 Å². The van der Waals surface area contributed by atoms with Crippen LogP contribution in [0.5, 0.6) is 0 Å². The van der Waals surface area contributed by atoms with Crippen molar-refractivity contribution >= 4 is 35.7 Å². The molecule has 0 spiro atoms. The molecule has 5 heteroatoms. The topological polar surface area (TPSA) is 74.6 Å². The zero-order valence-electron chi connectivity index (χ0n) is 22.3. The van der Waals surface area contributed by atoms with Crippen LogP contribution in [-0.4, -0.2) is 22.2 Å². The van der Waals surface area contributed by atoms with Crippen LogP contribution in [0.25, 0.3) is 12.2 Å². The Kier molecular flexibility index (Phi) is 8.18. The smallest absolute Gasteiger partial charge is 0.335 e. The molecule has 0 fully saturated rings. The van der Waals surface area contributed by atoms with Crippen molar-refractivity contribution in [2.45, 2.75) is 38.5 Å². The Morgan fingerprint density at radius 3 is 2.08 bits per heavy atom. The van der Waals surface area contributed by atoms with Gasteiger partial charge in [0.15, 0.2) is 0 Å². The molecule has 202 valence electrons. The van der Waals surface area contributed by atoms with Crippen molar-refractivity contribution < 1.29 is 19.8 Å². The summed E-state index contributed by atoms with van der Waals surface area (Å²) in [4.78, 5) is 23.5. The van der Waals surface area contributed by atoms with Gasteiger partial charge in [0.25, 0.3) is 0 Å². The summed E-state index contributed by atoms with van der Waals surface area (Å²) in [5.41, 5.74) is 3.37. The van der Waals surface area contributed by atoms with Crippen molar-refractivity contribution in [3.05, 3.63) is 139 Å². The first-order valence-corrected chi connectivity index (χ1v) is 14.0. The number of hydrogen-bond acceptors (Lipinski definition) is 2. The van der Waals surface area contributed by atoms with Crippen LogP contribution in [0.15, 0.2) is 84.9 Å². The van der Waals surface area contributed by atoms with Crippen LogP contribution in [0, 0.1) is 16.4 Å². The first-order valence-electron chi connectivity index (χ1n) is 13.6. The third-order valence-electron chi connectivity index (χ3n) is 7.85. The van der Waals surface area contributed by atoms with Gasteiger partial charge in [0.2, 0.25) is 0 Å². The van der Waals surface area contributed by atoms with E-state index in [0.717, 1.165) is 24.3 Å². The fourth-order valence-electron chi connectivity index (χ4n) is 6.00. The van der Waals surface area contributed by atoms with Gasteiger partial charge in [0.05, 0.1) is 11.1 Å². The molecule has 0 saturated heterocycles. The second-order valence-electron chi connectivity index (χ2n) is 10.3. The quantitative estimate of drug-likeness (QED) is 0.294. The number of rotatable bonds is 5. The predicted octanol–water partition coefficient (Wildman–Crippen LogP) is 6.58. The molecule has 0 aliphatic heterocycles. The molecule has 2 N–H and O–H groups in total. The SMILES string of the molecule is CCC1C=c2ccccc2=c2ccc3c(c21)CCC(Cc1c(C(=O)O)cccc1C(=O)O)C=3.Clc1ccccc1. The molecule has 0 heterocycles. The molecule has 0 bridgehead atoms. The zero-order valence-corrected chi connectivity index (χ0v) is 23.1. The van der Waals surface area contributed by atoms with Crippen molar-refractivity contribution in [1.29, 1.82) is 0 Å². The standard InChI is InChI=1S/C29H26O4.C6H5Cl/c1-2-18-16-19-6-3-4-7-21(19)23-13-11-20-14-17(10-12-22(20)27(18)23)15-26-24(28(30)31)8-5-9-25(26)29(32)33;7-6-4-2-1-3-5-6/h3-9,11,13-14,16-18H,2,10,12,15H2,1H3,(H,30,31)(H,32,33);1-5H. The highest BCUT2D eigenvalue weighted by Crippen LogP contribution is 2.31. The highest BCUT2D eigenvalue weighted by Gasteiger charge is 2.24. The molecule has 4 nitrogen and oxygen atoms in total. The molecule has 2 aliphatic rings. The minimum absolute atomic E-state index is 0.0804. The van der Waals surface area contributed by atoms with E-state index in [9.17, 15) is 19.8 Å². The molecule has 0 amide bonds. The maximum absolute atomic E-state index is 11.8. The summed E-state index contributed by atoms with van der Waals surface area (Å²) in [6, 6.07) is 26.9. The average molecular weight is 551 g/mol. The van der Waals surface area contributed by atoms with E-state index in [0.29, 0.717) is 17.9 Å². The van der Waals surface area contributed by atoms with Gasteiger partial charge in [-0.2, -0.15) is 0 Å². The molecule has 4 aromatic carbocycles. The molecular formula is C35H31ClO4. The Labute approximate surface area is 238 Å². The highest BCUT2D eigenvalue weighted by molar-refractivity contribution is 6.30. The Morgan fingerprint density at radius 1 is 0.775 bits per heavy atom. The lowest BCUT2D eigenvalue weighted by atomic mass is 9.78. The van der Waals surface area contributed by atoms with Crippen molar-refractivity contribution in [2.75, 3.05) is 0 Å². The number of hydrogen-bond donors (Lipinski definition) is 2. The Hall–Kier alpha value is -4.15. The van der Waals surface area contributed by atoms with Gasteiger partial charge in [-0.05, 0) is 93.4 Å². The summed E-state index contributed by atoms with van der Waals surface area (Å²) in [5, 5.41) is 25.1. The first kappa shape index (κ1) is 27.4. The van der Waals surface area contributed by atoms with E-state index in [1.54, 1.807) is 0 Å². The number of benzene rings is 4. The number of halogens is 1. The molecular weight excluding hydrogens is 520 g/mol. The van der Waals surface area contributed by atoms with Gasteiger partial charge >= 0.3 is 11.9 Å². The van der Waals surface area contributed by atoms with Crippen LogP contribution in [0.1, 0.15) is 63.1 Å². The summed E-state index contributed by atoms with van der Waals surface area (Å²) in [6.07, 6.45) is 7.82. The van der Waals surface area contributed by atoms with E-state index in [4.69, 9.17) is 11.6 Å². The van der Waals surface area contributed by atoms with E-state index >= 15 is 0 Å². The highest BCUT2D eigenvalue weighted by atomic mass is 35.5. The normalized spacial score (nSPS) is 16.6. The second-order valence-corrected chi connectivity index (χ2v) is 10.7. The van der Waals surface area contributed by atoms with E-state index < -0.39 is 11.9 Å². The zero-order chi connectivity index (χ0) is 28.2. The lowest BCUT2D eigenvalue weighted by Crippen LogP contribution is -2.26. The number of carboxylic acids is 2. The predicted molar refractivity (Wildman–Crippen MR) is 159 cm³/mol. The molecule has 2 unspecified atom stereocenters. The Bertz CT molecular complexity index is 1760. The third kappa shape index (κ3) is 5.59. The average Bonchev–Trinajstić information content (AvgIpc) is 2.97. The summed E-state index contributed by atoms with van der Waals surface area (Å²) in [5.74, 6) is -1.70.